The number of aryl methyl sites for hydroxylation is 1. The van der Waals surface area contributed by atoms with Crippen molar-refractivity contribution in [3.8, 4) is 0 Å². The van der Waals surface area contributed by atoms with Gasteiger partial charge in [0.15, 0.2) is 0 Å². The third-order valence-electron chi connectivity index (χ3n) is 2.97. The number of rotatable bonds is 8. The van der Waals surface area contributed by atoms with Crippen LogP contribution in [0.4, 0.5) is 5.69 Å². The number of hydrogen-bond acceptors (Lipinski definition) is 5. The number of anilines is 1. The fourth-order valence-electron chi connectivity index (χ4n) is 2.01. The zero-order valence-corrected chi connectivity index (χ0v) is 15.7. The lowest BCUT2D eigenvalue weighted by Gasteiger charge is -2.21. The molecule has 0 saturated carbocycles. The fourth-order valence-corrected chi connectivity index (χ4v) is 3.70. The van der Waals surface area contributed by atoms with Gasteiger partial charge < -0.3 is 15.4 Å². The summed E-state index contributed by atoms with van der Waals surface area (Å²) in [6, 6.07) is 4.82. The fraction of sp³-hybridized carbons (Fsp3) is 0.562. The normalized spacial score (nSPS) is 12.2. The summed E-state index contributed by atoms with van der Waals surface area (Å²) in [6.45, 7) is 8.24. The number of sulfonamides is 1. The van der Waals surface area contributed by atoms with Crippen LogP contribution in [0, 0.1) is 6.92 Å². The molecule has 0 aliphatic rings. The van der Waals surface area contributed by atoms with Gasteiger partial charge in [0.05, 0.1) is 18.0 Å². The van der Waals surface area contributed by atoms with Crippen molar-refractivity contribution in [3.05, 3.63) is 23.8 Å². The number of amides is 1. The second kappa shape index (κ2) is 8.57. The molecule has 0 unspecified atom stereocenters. The maximum Gasteiger partial charge on any atom is 0.241 e. The monoisotopic (exact) mass is 357 g/mol. The number of carbonyl (C=O) groups is 1. The average Bonchev–Trinajstić information content (AvgIpc) is 2.43. The van der Waals surface area contributed by atoms with Gasteiger partial charge >= 0.3 is 0 Å². The van der Waals surface area contributed by atoms with Crippen molar-refractivity contribution in [1.29, 1.82) is 0 Å². The summed E-state index contributed by atoms with van der Waals surface area (Å²) >= 11 is 0. The lowest BCUT2D eigenvalue weighted by molar-refractivity contribution is -0.115. The molecule has 3 N–H and O–H groups in total. The molecule has 0 bridgehead atoms. The predicted octanol–water partition coefficient (Wildman–Crippen LogP) is 1.25. The van der Waals surface area contributed by atoms with E-state index in [2.05, 4.69) is 15.4 Å². The highest BCUT2D eigenvalue weighted by atomic mass is 32.2. The molecule has 0 heterocycles. The van der Waals surface area contributed by atoms with E-state index in [1.54, 1.807) is 46.9 Å². The van der Waals surface area contributed by atoms with Crippen molar-refractivity contribution in [1.82, 2.24) is 10.0 Å². The molecular formula is C16H27N3O4S. The van der Waals surface area contributed by atoms with E-state index in [9.17, 15) is 13.2 Å². The molecule has 1 rings (SSSR count). The Kier molecular flexibility index (Phi) is 7.34. The summed E-state index contributed by atoms with van der Waals surface area (Å²) in [5.74, 6) is -0.248. The molecule has 0 aromatic heterocycles. The minimum atomic E-state index is -3.66. The molecule has 7 nitrogen and oxygen atoms in total. The van der Waals surface area contributed by atoms with Crippen LogP contribution in [0.2, 0.25) is 0 Å². The van der Waals surface area contributed by atoms with Crippen molar-refractivity contribution in [2.75, 3.05) is 32.1 Å². The highest BCUT2D eigenvalue weighted by Gasteiger charge is 2.24. The molecule has 0 aliphatic heterocycles. The first-order chi connectivity index (χ1) is 11.0. The minimum absolute atomic E-state index is 0.125. The van der Waals surface area contributed by atoms with E-state index in [-0.39, 0.29) is 17.3 Å². The van der Waals surface area contributed by atoms with Crippen molar-refractivity contribution < 1.29 is 17.9 Å². The summed E-state index contributed by atoms with van der Waals surface area (Å²) in [5, 5.41) is 5.61. The molecule has 1 aromatic carbocycles. The number of benzene rings is 1. The van der Waals surface area contributed by atoms with Crippen molar-refractivity contribution in [2.45, 2.75) is 38.1 Å². The van der Waals surface area contributed by atoms with Gasteiger partial charge in [-0.1, -0.05) is 6.07 Å². The van der Waals surface area contributed by atoms with E-state index in [0.717, 1.165) is 0 Å². The number of nitrogens with one attached hydrogen (secondary N) is 3. The van der Waals surface area contributed by atoms with Crippen molar-refractivity contribution in [3.63, 3.8) is 0 Å². The Bertz CT molecular complexity index is 666. The molecule has 0 aliphatic carbocycles. The van der Waals surface area contributed by atoms with Crippen LogP contribution in [0.1, 0.15) is 26.3 Å². The van der Waals surface area contributed by atoms with Gasteiger partial charge in [0.2, 0.25) is 15.9 Å². The largest absolute Gasteiger partial charge is 0.383 e. The molecule has 136 valence electrons. The van der Waals surface area contributed by atoms with Gasteiger partial charge in [-0.25, -0.2) is 13.1 Å². The molecule has 0 fully saturated rings. The summed E-state index contributed by atoms with van der Waals surface area (Å²) in [5.41, 5.74) is 0.465. The smallest absolute Gasteiger partial charge is 0.241 e. The van der Waals surface area contributed by atoms with Crippen LogP contribution >= 0.6 is 0 Å². The number of methoxy groups -OCH3 is 1. The number of ether oxygens (including phenoxy) is 1. The van der Waals surface area contributed by atoms with Crippen molar-refractivity contribution in [2.24, 2.45) is 0 Å². The quantitative estimate of drug-likeness (QED) is 0.609. The topological polar surface area (TPSA) is 96.5 Å². The molecule has 0 saturated heterocycles. The molecule has 0 spiro atoms. The van der Waals surface area contributed by atoms with E-state index >= 15 is 0 Å². The number of carbonyl (C=O) groups excluding carboxylic acids is 1. The lowest BCUT2D eigenvalue weighted by atomic mass is 10.1. The molecule has 0 atom stereocenters. The van der Waals surface area contributed by atoms with E-state index < -0.39 is 15.6 Å². The predicted molar refractivity (Wildman–Crippen MR) is 94.6 cm³/mol. The van der Waals surface area contributed by atoms with Crippen LogP contribution in [0.15, 0.2) is 23.1 Å². The Morgan fingerprint density at radius 1 is 1.25 bits per heavy atom. The molecule has 8 heteroatoms. The Morgan fingerprint density at radius 3 is 2.50 bits per heavy atom. The molecule has 24 heavy (non-hydrogen) atoms. The molecule has 0 radical (unpaired) electrons. The first-order valence-corrected chi connectivity index (χ1v) is 9.17. The minimum Gasteiger partial charge on any atom is -0.383 e. The third kappa shape index (κ3) is 6.96. The Hall–Kier alpha value is -1.48. The van der Waals surface area contributed by atoms with Crippen LogP contribution in [-0.4, -0.2) is 46.7 Å². The first-order valence-electron chi connectivity index (χ1n) is 7.69. The van der Waals surface area contributed by atoms with Crippen LogP contribution in [0.5, 0.6) is 0 Å². The van der Waals surface area contributed by atoms with Crippen LogP contribution in [0.3, 0.4) is 0 Å². The van der Waals surface area contributed by atoms with E-state index in [1.807, 2.05) is 0 Å². The average molecular weight is 357 g/mol. The summed E-state index contributed by atoms with van der Waals surface area (Å²) in [4.78, 5) is 12.0. The van der Waals surface area contributed by atoms with Gasteiger partial charge in [-0.2, -0.15) is 0 Å². The summed E-state index contributed by atoms with van der Waals surface area (Å²) < 4.78 is 32.5. The van der Waals surface area contributed by atoms with Gasteiger partial charge in [-0.05, 0) is 45.4 Å². The van der Waals surface area contributed by atoms with E-state index in [0.29, 0.717) is 24.4 Å². The second-order valence-electron chi connectivity index (χ2n) is 6.55. The van der Waals surface area contributed by atoms with Crippen LogP contribution in [0.25, 0.3) is 0 Å². The Balaban J connectivity index is 2.85. The van der Waals surface area contributed by atoms with Crippen LogP contribution < -0.4 is 15.4 Å². The van der Waals surface area contributed by atoms with Gasteiger partial charge in [-0.3, -0.25) is 4.79 Å². The molecular weight excluding hydrogens is 330 g/mol. The van der Waals surface area contributed by atoms with Crippen LogP contribution in [-0.2, 0) is 19.6 Å². The lowest BCUT2D eigenvalue weighted by Crippen LogP contribution is -2.40. The maximum absolute atomic E-state index is 12.5. The number of hydrogen-bond donors (Lipinski definition) is 3. The Morgan fingerprint density at radius 2 is 1.92 bits per heavy atom. The highest BCUT2D eigenvalue weighted by molar-refractivity contribution is 7.89. The molecule has 1 aromatic rings. The Labute approximate surface area is 144 Å². The zero-order chi connectivity index (χ0) is 18.4. The van der Waals surface area contributed by atoms with Gasteiger partial charge in [0.25, 0.3) is 0 Å². The molecule has 1 amide bonds. The second-order valence-corrected chi connectivity index (χ2v) is 8.20. The summed E-state index contributed by atoms with van der Waals surface area (Å²) in [7, 11) is -2.08. The van der Waals surface area contributed by atoms with Gasteiger partial charge in [0.1, 0.15) is 0 Å². The third-order valence-corrected chi connectivity index (χ3v) is 4.87. The SMILES string of the molecule is COCCNCC(=O)Nc1ccc(C)c(S(=O)(=O)NC(C)(C)C)c1. The van der Waals surface area contributed by atoms with E-state index in [1.165, 1.54) is 6.07 Å². The van der Waals surface area contributed by atoms with Gasteiger partial charge in [0, 0.05) is 24.9 Å². The van der Waals surface area contributed by atoms with Crippen molar-refractivity contribution >= 4 is 21.6 Å². The van der Waals surface area contributed by atoms with E-state index in [4.69, 9.17) is 4.74 Å². The first kappa shape index (κ1) is 20.6. The standard InChI is InChI=1S/C16H27N3O4S/c1-12-6-7-13(18-15(20)11-17-8-9-23-5)10-14(12)24(21,22)19-16(2,3)4/h6-7,10,17,19H,8-9,11H2,1-5H3,(H,18,20). The zero-order valence-electron chi connectivity index (χ0n) is 14.9. The van der Waals surface area contributed by atoms with Gasteiger partial charge in [-0.15, -0.1) is 0 Å². The maximum atomic E-state index is 12.5. The highest BCUT2D eigenvalue weighted by Crippen LogP contribution is 2.21. The summed E-state index contributed by atoms with van der Waals surface area (Å²) in [6.07, 6.45) is 0.